The monoisotopic (exact) mass is 542 g/mol. The molecule has 5 rings (SSSR count). The molecular weight excluding hydrogens is 508 g/mol. The maximum absolute atomic E-state index is 12.8. The fraction of sp³-hybridized carbons (Fsp3) is 0.375. The Hall–Kier alpha value is -3.60. The van der Waals surface area contributed by atoms with Crippen LogP contribution in [0, 0.1) is 11.8 Å². The van der Waals surface area contributed by atoms with E-state index >= 15 is 0 Å². The Balaban J connectivity index is 1.16. The van der Waals surface area contributed by atoms with Crippen LogP contribution in [0.25, 0.3) is 0 Å². The smallest absolute Gasteiger partial charge is 0.304 e. The minimum absolute atomic E-state index is 0.0174. The summed E-state index contributed by atoms with van der Waals surface area (Å²) in [7, 11) is 0. The van der Waals surface area contributed by atoms with E-state index in [4.69, 9.17) is 9.84 Å². The second-order valence-electron chi connectivity index (χ2n) is 10.2. The van der Waals surface area contributed by atoms with Crippen LogP contribution in [-0.2, 0) is 30.9 Å². The molecule has 1 saturated heterocycles. The average molecular weight is 543 g/mol. The first-order chi connectivity index (χ1) is 19.0. The van der Waals surface area contributed by atoms with Crippen LogP contribution < -0.4 is 4.74 Å². The van der Waals surface area contributed by atoms with Gasteiger partial charge in [0, 0.05) is 37.6 Å². The fourth-order valence-electron chi connectivity index (χ4n) is 5.35. The van der Waals surface area contributed by atoms with Gasteiger partial charge < -0.3 is 14.7 Å². The van der Waals surface area contributed by atoms with E-state index in [1.54, 1.807) is 18.3 Å². The number of carbonyl (C=O) groups excluding carboxylic acids is 1. The molecule has 3 aromatic rings. The molecule has 1 amide bonds. The third-order valence-electron chi connectivity index (χ3n) is 7.33. The summed E-state index contributed by atoms with van der Waals surface area (Å²) in [5.74, 6) is 5.56. The number of likely N-dealkylation sites (tertiary alicyclic amines) is 1. The van der Waals surface area contributed by atoms with Gasteiger partial charge in [-0.3, -0.25) is 14.5 Å². The number of aliphatic carboxylic acids is 1. The summed E-state index contributed by atoms with van der Waals surface area (Å²) in [4.78, 5) is 30.7. The molecule has 0 unspecified atom stereocenters. The molecule has 3 heterocycles. The number of thiophene rings is 1. The molecule has 202 valence electrons. The number of hydrogen-bond donors (Lipinski definition) is 1. The van der Waals surface area contributed by atoms with E-state index in [0.717, 1.165) is 73.7 Å². The van der Waals surface area contributed by atoms with Gasteiger partial charge >= 0.3 is 5.97 Å². The van der Waals surface area contributed by atoms with Crippen molar-refractivity contribution in [3.8, 4) is 17.6 Å². The number of hydrogen-bond acceptors (Lipinski definition) is 5. The largest absolute Gasteiger partial charge is 0.489 e. The molecule has 1 fully saturated rings. The molecular formula is C32H34N2O4S. The number of rotatable bonds is 9. The van der Waals surface area contributed by atoms with Crippen molar-refractivity contribution < 1.29 is 19.4 Å². The Labute approximate surface area is 234 Å². The van der Waals surface area contributed by atoms with Crippen LogP contribution in [0.2, 0.25) is 0 Å². The van der Waals surface area contributed by atoms with Gasteiger partial charge in [-0.2, -0.15) is 0 Å². The zero-order valence-corrected chi connectivity index (χ0v) is 23.1. The van der Waals surface area contributed by atoms with Crippen molar-refractivity contribution in [2.45, 2.75) is 58.2 Å². The molecule has 1 N–H and O–H groups in total. The lowest BCUT2D eigenvalue weighted by atomic mass is 9.96. The van der Waals surface area contributed by atoms with E-state index in [9.17, 15) is 9.59 Å². The van der Waals surface area contributed by atoms with Gasteiger partial charge in [0.1, 0.15) is 12.4 Å². The summed E-state index contributed by atoms with van der Waals surface area (Å²) < 4.78 is 6.03. The second kappa shape index (κ2) is 12.5. The van der Waals surface area contributed by atoms with Crippen LogP contribution in [0.15, 0.2) is 54.6 Å². The minimum atomic E-state index is -0.861. The van der Waals surface area contributed by atoms with E-state index in [2.05, 4.69) is 47.1 Å². The summed E-state index contributed by atoms with van der Waals surface area (Å²) >= 11 is 1.69. The van der Waals surface area contributed by atoms with E-state index < -0.39 is 5.97 Å². The molecule has 2 aliphatic heterocycles. The molecule has 7 heteroatoms. The first-order valence-electron chi connectivity index (χ1n) is 13.6. The number of fused-ring (bicyclic) bond motifs is 1. The van der Waals surface area contributed by atoms with E-state index in [-0.39, 0.29) is 18.2 Å². The number of carboxylic acids is 1. The highest BCUT2D eigenvalue weighted by atomic mass is 32.1. The topological polar surface area (TPSA) is 70.1 Å². The predicted molar refractivity (Wildman–Crippen MR) is 153 cm³/mol. The highest BCUT2D eigenvalue weighted by Crippen LogP contribution is 2.30. The van der Waals surface area contributed by atoms with Gasteiger partial charge in [0.25, 0.3) is 5.91 Å². The van der Waals surface area contributed by atoms with Crippen molar-refractivity contribution >= 4 is 23.2 Å². The normalized spacial score (nSPS) is 15.8. The lowest BCUT2D eigenvalue weighted by molar-refractivity contribution is -0.137. The predicted octanol–water partition coefficient (Wildman–Crippen LogP) is 5.70. The van der Waals surface area contributed by atoms with Crippen molar-refractivity contribution in [1.29, 1.82) is 0 Å². The number of benzene rings is 2. The quantitative estimate of drug-likeness (QED) is 0.351. The second-order valence-corrected chi connectivity index (χ2v) is 11.4. The van der Waals surface area contributed by atoms with Gasteiger partial charge in [-0.05, 0) is 66.6 Å². The summed E-state index contributed by atoms with van der Waals surface area (Å²) in [5.41, 5.74) is 4.52. The standard InChI is InChI=1S/C32H34N2O4S/c1-2-6-26(19-31(35)36)25-9-11-28(12-10-25)38-22-24-8-5-7-23(17-24)20-33-16-13-29-27(21-33)18-30(39-29)32(37)34-14-3-4-15-34/h5,7-12,17-18,26H,3-4,13-16,19-22H2,1H3,(H,35,36)/t26-/m0/s1. The summed E-state index contributed by atoms with van der Waals surface area (Å²) in [5, 5.41) is 9.16. The van der Waals surface area contributed by atoms with E-state index in [0.29, 0.717) is 6.61 Å². The highest BCUT2D eigenvalue weighted by molar-refractivity contribution is 7.14. The Kier molecular flexibility index (Phi) is 8.65. The molecule has 0 saturated carbocycles. The molecule has 1 atom stereocenters. The molecule has 39 heavy (non-hydrogen) atoms. The van der Waals surface area contributed by atoms with Crippen LogP contribution in [0.3, 0.4) is 0 Å². The first-order valence-corrected chi connectivity index (χ1v) is 14.4. The molecule has 6 nitrogen and oxygen atoms in total. The zero-order valence-electron chi connectivity index (χ0n) is 22.3. The number of nitrogens with zero attached hydrogens (tertiary/aromatic N) is 2. The number of carboxylic acid groups (broad SMARTS) is 1. The lowest BCUT2D eigenvalue weighted by Gasteiger charge is -2.26. The Morgan fingerprint density at radius 3 is 2.56 bits per heavy atom. The highest BCUT2D eigenvalue weighted by Gasteiger charge is 2.25. The summed E-state index contributed by atoms with van der Waals surface area (Å²) in [6.07, 6.45) is 3.20. The van der Waals surface area contributed by atoms with Crippen LogP contribution in [0.4, 0.5) is 0 Å². The fourth-order valence-corrected chi connectivity index (χ4v) is 6.48. The molecule has 0 spiro atoms. The number of ether oxygens (including phenoxy) is 1. The average Bonchev–Trinajstić information content (AvgIpc) is 3.62. The lowest BCUT2D eigenvalue weighted by Crippen LogP contribution is -2.29. The molecule has 0 aliphatic carbocycles. The number of carbonyl (C=O) groups is 2. The van der Waals surface area contributed by atoms with Crippen LogP contribution in [-0.4, -0.2) is 46.4 Å². The third kappa shape index (κ3) is 6.89. The minimum Gasteiger partial charge on any atom is -0.489 e. The Bertz CT molecular complexity index is 1380. The third-order valence-corrected chi connectivity index (χ3v) is 8.56. The van der Waals surface area contributed by atoms with E-state index in [1.165, 1.54) is 16.0 Å². The zero-order chi connectivity index (χ0) is 27.2. The SMILES string of the molecule is CC#C[C@@H](CC(=O)O)c1ccc(OCc2cccc(CN3CCc4sc(C(=O)N5CCCC5)cc4C3)c2)cc1. The Morgan fingerprint density at radius 1 is 1.05 bits per heavy atom. The van der Waals surface area contributed by atoms with Gasteiger partial charge in [-0.15, -0.1) is 17.3 Å². The van der Waals surface area contributed by atoms with E-state index in [1.807, 2.05) is 29.2 Å². The summed E-state index contributed by atoms with van der Waals surface area (Å²) in [6, 6.07) is 18.2. The maximum atomic E-state index is 12.8. The molecule has 2 aromatic carbocycles. The van der Waals surface area contributed by atoms with Crippen LogP contribution >= 0.6 is 11.3 Å². The Morgan fingerprint density at radius 2 is 1.82 bits per heavy atom. The van der Waals surface area contributed by atoms with Gasteiger partial charge in [0.2, 0.25) is 0 Å². The molecule has 0 bridgehead atoms. The molecule has 0 radical (unpaired) electrons. The van der Waals surface area contributed by atoms with Crippen molar-refractivity contribution in [3.63, 3.8) is 0 Å². The maximum Gasteiger partial charge on any atom is 0.304 e. The van der Waals surface area contributed by atoms with Crippen molar-refractivity contribution in [3.05, 3.63) is 86.6 Å². The van der Waals surface area contributed by atoms with Gasteiger partial charge in [0.15, 0.2) is 0 Å². The van der Waals surface area contributed by atoms with Gasteiger partial charge in [-0.1, -0.05) is 42.3 Å². The van der Waals surface area contributed by atoms with Crippen molar-refractivity contribution in [1.82, 2.24) is 9.80 Å². The summed E-state index contributed by atoms with van der Waals surface area (Å²) in [6.45, 7) is 6.68. The van der Waals surface area contributed by atoms with Gasteiger partial charge in [0.05, 0.1) is 17.2 Å². The van der Waals surface area contributed by atoms with Crippen LogP contribution in [0.1, 0.15) is 68.9 Å². The molecule has 1 aromatic heterocycles. The first kappa shape index (κ1) is 27.0. The number of amides is 1. The van der Waals surface area contributed by atoms with Crippen LogP contribution in [0.5, 0.6) is 5.75 Å². The van der Waals surface area contributed by atoms with Gasteiger partial charge in [-0.25, -0.2) is 0 Å². The molecule has 2 aliphatic rings. The van der Waals surface area contributed by atoms with Crippen molar-refractivity contribution in [2.75, 3.05) is 19.6 Å². The van der Waals surface area contributed by atoms with Crippen molar-refractivity contribution in [2.24, 2.45) is 0 Å².